The minimum absolute atomic E-state index is 0.339. The summed E-state index contributed by atoms with van der Waals surface area (Å²) in [7, 11) is 1.72. The molecule has 0 aliphatic heterocycles. The zero-order valence-electron chi connectivity index (χ0n) is 11.7. The molecule has 0 bridgehead atoms. The lowest BCUT2D eigenvalue weighted by Gasteiger charge is -2.17. The van der Waals surface area contributed by atoms with Crippen LogP contribution in [0.15, 0.2) is 24.3 Å². The number of anilines is 2. The fourth-order valence-electron chi connectivity index (χ4n) is 2.13. The van der Waals surface area contributed by atoms with Gasteiger partial charge in [-0.25, -0.2) is 0 Å². The summed E-state index contributed by atoms with van der Waals surface area (Å²) in [6.07, 6.45) is 0.960. The normalized spacial score (nSPS) is 12.6. The molecule has 0 aliphatic carbocycles. The van der Waals surface area contributed by atoms with Crippen molar-refractivity contribution < 1.29 is 4.74 Å². The Morgan fingerprint density at radius 2 is 2.16 bits per heavy atom. The number of fused-ring (bicyclic) bond motifs is 1. The van der Waals surface area contributed by atoms with E-state index in [1.54, 1.807) is 7.11 Å². The van der Waals surface area contributed by atoms with Crippen LogP contribution < -0.4 is 11.1 Å². The van der Waals surface area contributed by atoms with Crippen molar-refractivity contribution in [2.75, 3.05) is 24.8 Å². The van der Waals surface area contributed by atoms with Crippen molar-refractivity contribution in [2.45, 2.75) is 26.3 Å². The van der Waals surface area contributed by atoms with Crippen LogP contribution in [0, 0.1) is 6.92 Å². The smallest absolute Gasteiger partial charge is 0.0727 e. The zero-order valence-corrected chi connectivity index (χ0v) is 11.7. The third kappa shape index (κ3) is 3.35. The second kappa shape index (κ2) is 5.89. The van der Waals surface area contributed by atoms with E-state index in [1.807, 2.05) is 25.1 Å². The Kier molecular flexibility index (Phi) is 4.22. The molecule has 102 valence electrons. The van der Waals surface area contributed by atoms with Gasteiger partial charge in [0.1, 0.15) is 0 Å². The molecule has 0 fully saturated rings. The van der Waals surface area contributed by atoms with Gasteiger partial charge < -0.3 is 15.8 Å². The number of aryl methyl sites for hydroxylation is 1. The van der Waals surface area contributed by atoms with Gasteiger partial charge in [-0.3, -0.25) is 4.98 Å². The summed E-state index contributed by atoms with van der Waals surface area (Å²) in [6, 6.07) is 8.21. The number of aromatic nitrogens is 1. The van der Waals surface area contributed by atoms with Crippen LogP contribution in [0.3, 0.4) is 0 Å². The molecule has 0 saturated heterocycles. The van der Waals surface area contributed by atoms with E-state index in [1.165, 1.54) is 0 Å². The van der Waals surface area contributed by atoms with Crippen LogP contribution in [-0.2, 0) is 4.74 Å². The summed E-state index contributed by atoms with van der Waals surface area (Å²) >= 11 is 0. The van der Waals surface area contributed by atoms with E-state index in [2.05, 4.69) is 23.3 Å². The molecule has 4 nitrogen and oxygen atoms in total. The van der Waals surface area contributed by atoms with Crippen LogP contribution >= 0.6 is 0 Å². The Morgan fingerprint density at radius 1 is 1.37 bits per heavy atom. The van der Waals surface area contributed by atoms with Gasteiger partial charge in [-0.05, 0) is 44.5 Å². The number of rotatable bonds is 5. The van der Waals surface area contributed by atoms with Crippen molar-refractivity contribution in [3.05, 3.63) is 30.0 Å². The number of benzene rings is 1. The molecule has 3 N–H and O–H groups in total. The molecule has 1 aromatic carbocycles. The van der Waals surface area contributed by atoms with E-state index >= 15 is 0 Å². The van der Waals surface area contributed by atoms with Crippen molar-refractivity contribution in [1.29, 1.82) is 0 Å². The molecule has 2 rings (SSSR count). The fourth-order valence-corrected chi connectivity index (χ4v) is 2.13. The number of nitrogen functional groups attached to an aromatic ring is 1. The van der Waals surface area contributed by atoms with Gasteiger partial charge in [0.15, 0.2) is 0 Å². The second-order valence-corrected chi connectivity index (χ2v) is 4.91. The number of hydrogen-bond donors (Lipinski definition) is 2. The first kappa shape index (κ1) is 13.6. The van der Waals surface area contributed by atoms with Gasteiger partial charge in [-0.2, -0.15) is 0 Å². The SMILES string of the molecule is COCCC(C)Nc1cc(C)nc2ccc(N)cc12. The maximum Gasteiger partial charge on any atom is 0.0727 e. The molecular weight excluding hydrogens is 238 g/mol. The number of nitrogens with one attached hydrogen (secondary N) is 1. The molecule has 1 heterocycles. The van der Waals surface area contributed by atoms with Gasteiger partial charge in [0.2, 0.25) is 0 Å². The van der Waals surface area contributed by atoms with Gasteiger partial charge in [0.25, 0.3) is 0 Å². The van der Waals surface area contributed by atoms with E-state index in [4.69, 9.17) is 10.5 Å². The molecule has 2 aromatic rings. The minimum Gasteiger partial charge on any atom is -0.399 e. The Hall–Kier alpha value is -1.81. The molecule has 1 aromatic heterocycles. The topological polar surface area (TPSA) is 60.2 Å². The predicted octanol–water partition coefficient (Wildman–Crippen LogP) is 2.96. The van der Waals surface area contributed by atoms with Crippen LogP contribution in [0.1, 0.15) is 19.0 Å². The molecule has 4 heteroatoms. The quantitative estimate of drug-likeness (QED) is 0.810. The number of methoxy groups -OCH3 is 1. The summed E-state index contributed by atoms with van der Waals surface area (Å²) < 4.78 is 5.11. The summed E-state index contributed by atoms with van der Waals surface area (Å²) in [5.41, 5.74) is 9.67. The highest BCUT2D eigenvalue weighted by atomic mass is 16.5. The molecule has 1 atom stereocenters. The third-order valence-electron chi connectivity index (χ3n) is 3.12. The van der Waals surface area contributed by atoms with Gasteiger partial charge >= 0.3 is 0 Å². The number of hydrogen-bond acceptors (Lipinski definition) is 4. The zero-order chi connectivity index (χ0) is 13.8. The van der Waals surface area contributed by atoms with Crippen LogP contribution in [0.4, 0.5) is 11.4 Å². The average Bonchev–Trinajstić information content (AvgIpc) is 2.37. The summed E-state index contributed by atoms with van der Waals surface area (Å²) in [5, 5.41) is 4.58. The van der Waals surface area contributed by atoms with Crippen molar-refractivity contribution >= 4 is 22.3 Å². The molecule has 19 heavy (non-hydrogen) atoms. The van der Waals surface area contributed by atoms with Crippen LogP contribution in [0.25, 0.3) is 10.9 Å². The highest BCUT2D eigenvalue weighted by molar-refractivity contribution is 5.93. The molecular formula is C15H21N3O. The van der Waals surface area contributed by atoms with E-state index in [-0.39, 0.29) is 0 Å². The Balaban J connectivity index is 2.33. The lowest BCUT2D eigenvalue weighted by molar-refractivity contribution is 0.191. The molecule has 0 spiro atoms. The number of nitrogens with two attached hydrogens (primary N) is 1. The van der Waals surface area contributed by atoms with Crippen molar-refractivity contribution in [1.82, 2.24) is 4.98 Å². The van der Waals surface area contributed by atoms with Gasteiger partial charge in [-0.1, -0.05) is 0 Å². The standard InChI is InChI=1S/C15H21N3O/c1-10(6-7-19-3)17-15-8-11(2)18-14-5-4-12(16)9-13(14)15/h4-5,8-10H,6-7,16H2,1-3H3,(H,17,18). The predicted molar refractivity (Wildman–Crippen MR) is 80.5 cm³/mol. The summed E-state index contributed by atoms with van der Waals surface area (Å²) in [4.78, 5) is 4.53. The second-order valence-electron chi connectivity index (χ2n) is 4.91. The average molecular weight is 259 g/mol. The Bertz CT molecular complexity index is 569. The van der Waals surface area contributed by atoms with Crippen LogP contribution in [-0.4, -0.2) is 24.7 Å². The minimum atomic E-state index is 0.339. The van der Waals surface area contributed by atoms with E-state index in [9.17, 15) is 0 Å². The van der Waals surface area contributed by atoms with Crippen molar-refractivity contribution in [2.24, 2.45) is 0 Å². The maximum absolute atomic E-state index is 5.87. The largest absolute Gasteiger partial charge is 0.399 e. The molecule has 0 saturated carbocycles. The summed E-state index contributed by atoms with van der Waals surface area (Å²) in [5.74, 6) is 0. The molecule has 0 aliphatic rings. The Morgan fingerprint density at radius 3 is 2.89 bits per heavy atom. The summed E-state index contributed by atoms with van der Waals surface area (Å²) in [6.45, 7) is 4.89. The fraction of sp³-hybridized carbons (Fsp3) is 0.400. The lowest BCUT2D eigenvalue weighted by Crippen LogP contribution is -2.17. The van der Waals surface area contributed by atoms with Crippen LogP contribution in [0.2, 0.25) is 0 Å². The van der Waals surface area contributed by atoms with E-state index in [0.29, 0.717) is 6.04 Å². The van der Waals surface area contributed by atoms with Gasteiger partial charge in [0, 0.05) is 42.2 Å². The number of ether oxygens (including phenoxy) is 1. The van der Waals surface area contributed by atoms with Crippen LogP contribution in [0.5, 0.6) is 0 Å². The first-order valence-corrected chi connectivity index (χ1v) is 6.52. The number of pyridine rings is 1. The molecule has 0 radical (unpaired) electrons. The van der Waals surface area contributed by atoms with E-state index < -0.39 is 0 Å². The van der Waals surface area contributed by atoms with Crippen molar-refractivity contribution in [3.63, 3.8) is 0 Å². The Labute approximate surface area is 114 Å². The molecule has 0 amide bonds. The highest BCUT2D eigenvalue weighted by Gasteiger charge is 2.08. The van der Waals surface area contributed by atoms with Crippen molar-refractivity contribution in [3.8, 4) is 0 Å². The first-order chi connectivity index (χ1) is 9.10. The monoisotopic (exact) mass is 259 g/mol. The van der Waals surface area contributed by atoms with Gasteiger partial charge in [-0.15, -0.1) is 0 Å². The molecule has 1 unspecified atom stereocenters. The third-order valence-corrected chi connectivity index (χ3v) is 3.12. The number of nitrogens with zero attached hydrogens (tertiary/aromatic N) is 1. The highest BCUT2D eigenvalue weighted by Crippen LogP contribution is 2.26. The first-order valence-electron chi connectivity index (χ1n) is 6.52. The maximum atomic E-state index is 5.87. The van der Waals surface area contributed by atoms with Gasteiger partial charge in [0.05, 0.1) is 5.52 Å². The lowest BCUT2D eigenvalue weighted by atomic mass is 10.1. The van der Waals surface area contributed by atoms with E-state index in [0.717, 1.165) is 41.0 Å².